The van der Waals surface area contributed by atoms with E-state index in [0.717, 1.165) is 11.8 Å². The van der Waals surface area contributed by atoms with Gasteiger partial charge in [-0.1, -0.05) is 13.8 Å². The Balaban J connectivity index is 1.92. The summed E-state index contributed by atoms with van der Waals surface area (Å²) < 4.78 is 0. The van der Waals surface area contributed by atoms with Crippen LogP contribution in [-0.2, 0) is 0 Å². The molecular weight excluding hydrogens is 178 g/mol. The summed E-state index contributed by atoms with van der Waals surface area (Å²) in [6.45, 7) is 6.95. The first kappa shape index (κ1) is 11.4. The molecule has 0 atom stereocenters. The highest BCUT2D eigenvalue weighted by Crippen LogP contribution is 2.24. The lowest BCUT2D eigenvalue weighted by Crippen LogP contribution is -2.23. The summed E-state index contributed by atoms with van der Waals surface area (Å²) >= 11 is 2.12. The van der Waals surface area contributed by atoms with Gasteiger partial charge in [0.05, 0.1) is 0 Å². The third-order valence-corrected chi connectivity index (χ3v) is 3.67. The first-order valence-corrected chi connectivity index (χ1v) is 6.73. The van der Waals surface area contributed by atoms with Crippen molar-refractivity contribution in [3.63, 3.8) is 0 Å². The molecule has 0 aromatic rings. The van der Waals surface area contributed by atoms with E-state index in [0.29, 0.717) is 0 Å². The molecule has 0 saturated carbocycles. The van der Waals surface area contributed by atoms with E-state index in [1.165, 1.54) is 43.9 Å². The average molecular weight is 201 g/mol. The third-order valence-electron chi connectivity index (χ3n) is 2.62. The normalized spacial score (nSPS) is 19.6. The number of nitrogens with one attached hydrogen (secondary N) is 1. The Bertz CT molecular complexity index is 119. The number of hydrogen-bond acceptors (Lipinski definition) is 2. The standard InChI is InChI=1S/C11H23NS/c1-10(2)9-12-6-3-11-4-7-13-8-5-11/h10-12H,3-9H2,1-2H3. The minimum atomic E-state index is 0.793. The van der Waals surface area contributed by atoms with Crippen LogP contribution in [0.15, 0.2) is 0 Å². The van der Waals surface area contributed by atoms with Gasteiger partial charge in [0.2, 0.25) is 0 Å². The summed E-state index contributed by atoms with van der Waals surface area (Å²) in [5, 5.41) is 3.53. The lowest BCUT2D eigenvalue weighted by Gasteiger charge is -2.21. The molecule has 0 unspecified atom stereocenters. The zero-order valence-electron chi connectivity index (χ0n) is 9.01. The van der Waals surface area contributed by atoms with E-state index in [4.69, 9.17) is 0 Å². The molecule has 1 N–H and O–H groups in total. The van der Waals surface area contributed by atoms with Crippen LogP contribution in [0.3, 0.4) is 0 Å². The molecule has 0 amide bonds. The zero-order valence-corrected chi connectivity index (χ0v) is 9.83. The topological polar surface area (TPSA) is 12.0 Å². The quantitative estimate of drug-likeness (QED) is 0.687. The van der Waals surface area contributed by atoms with Gasteiger partial charge in [-0.15, -0.1) is 0 Å². The van der Waals surface area contributed by atoms with Crippen LogP contribution in [0.1, 0.15) is 33.1 Å². The average Bonchev–Trinajstić information content (AvgIpc) is 2.14. The molecule has 1 fully saturated rings. The maximum atomic E-state index is 3.53. The summed E-state index contributed by atoms with van der Waals surface area (Å²) in [5.41, 5.74) is 0. The minimum absolute atomic E-state index is 0.793. The summed E-state index contributed by atoms with van der Waals surface area (Å²) in [4.78, 5) is 0. The molecule has 1 aliphatic heterocycles. The van der Waals surface area contributed by atoms with Crippen molar-refractivity contribution in [3.8, 4) is 0 Å². The maximum Gasteiger partial charge on any atom is -0.00258 e. The molecule has 1 rings (SSSR count). The Morgan fingerprint density at radius 3 is 2.62 bits per heavy atom. The molecule has 0 bridgehead atoms. The Hall–Kier alpha value is 0.310. The van der Waals surface area contributed by atoms with E-state index in [9.17, 15) is 0 Å². The van der Waals surface area contributed by atoms with Crippen molar-refractivity contribution in [1.82, 2.24) is 5.32 Å². The van der Waals surface area contributed by atoms with Gasteiger partial charge in [0.15, 0.2) is 0 Å². The van der Waals surface area contributed by atoms with Crippen LogP contribution in [0, 0.1) is 11.8 Å². The summed E-state index contributed by atoms with van der Waals surface area (Å²) in [7, 11) is 0. The van der Waals surface area contributed by atoms with Gasteiger partial charge in [-0.2, -0.15) is 11.8 Å². The largest absolute Gasteiger partial charge is 0.316 e. The Morgan fingerprint density at radius 2 is 2.00 bits per heavy atom. The van der Waals surface area contributed by atoms with Crippen molar-refractivity contribution >= 4 is 11.8 Å². The maximum absolute atomic E-state index is 3.53. The third kappa shape index (κ3) is 5.58. The molecular formula is C11H23NS. The van der Waals surface area contributed by atoms with Gasteiger partial charge >= 0.3 is 0 Å². The van der Waals surface area contributed by atoms with Crippen molar-refractivity contribution in [1.29, 1.82) is 0 Å². The molecule has 13 heavy (non-hydrogen) atoms. The molecule has 0 aliphatic carbocycles. The number of hydrogen-bond donors (Lipinski definition) is 1. The van der Waals surface area contributed by atoms with Crippen molar-refractivity contribution < 1.29 is 0 Å². The second-order valence-corrected chi connectivity index (χ2v) is 5.67. The lowest BCUT2D eigenvalue weighted by atomic mass is 9.99. The fourth-order valence-corrected chi connectivity index (χ4v) is 2.94. The van der Waals surface area contributed by atoms with E-state index in [1.54, 1.807) is 0 Å². The Morgan fingerprint density at radius 1 is 1.31 bits per heavy atom. The first-order chi connectivity index (χ1) is 6.29. The monoisotopic (exact) mass is 201 g/mol. The smallest absolute Gasteiger partial charge is 0.00258 e. The molecule has 1 saturated heterocycles. The van der Waals surface area contributed by atoms with Gasteiger partial charge < -0.3 is 5.32 Å². The second-order valence-electron chi connectivity index (χ2n) is 4.44. The van der Waals surface area contributed by atoms with Gasteiger partial charge in [-0.3, -0.25) is 0 Å². The number of rotatable bonds is 5. The highest BCUT2D eigenvalue weighted by molar-refractivity contribution is 7.99. The minimum Gasteiger partial charge on any atom is -0.316 e. The summed E-state index contributed by atoms with van der Waals surface area (Å²) in [5.74, 6) is 4.60. The van der Waals surface area contributed by atoms with Crippen molar-refractivity contribution in [2.45, 2.75) is 33.1 Å². The van der Waals surface area contributed by atoms with Crippen LogP contribution < -0.4 is 5.32 Å². The van der Waals surface area contributed by atoms with Gasteiger partial charge in [0.25, 0.3) is 0 Å². The van der Waals surface area contributed by atoms with Crippen LogP contribution in [0.25, 0.3) is 0 Å². The SMILES string of the molecule is CC(C)CNCCC1CCSCC1. The van der Waals surface area contributed by atoms with Gasteiger partial charge in [0.1, 0.15) is 0 Å². The Labute approximate surface area is 87.1 Å². The molecule has 0 aromatic carbocycles. The molecule has 1 nitrogen and oxygen atoms in total. The zero-order chi connectivity index (χ0) is 9.52. The summed E-state index contributed by atoms with van der Waals surface area (Å²) in [6, 6.07) is 0. The lowest BCUT2D eigenvalue weighted by molar-refractivity contribution is 0.426. The predicted octanol–water partition coefficient (Wildman–Crippen LogP) is 2.77. The molecule has 0 aromatic heterocycles. The molecule has 0 spiro atoms. The Kier molecular flexibility index (Phi) is 5.88. The molecule has 2 heteroatoms. The van der Waals surface area contributed by atoms with Crippen molar-refractivity contribution in [2.75, 3.05) is 24.6 Å². The van der Waals surface area contributed by atoms with E-state index in [-0.39, 0.29) is 0 Å². The second kappa shape index (κ2) is 6.72. The highest BCUT2D eigenvalue weighted by atomic mass is 32.2. The van der Waals surface area contributed by atoms with E-state index < -0.39 is 0 Å². The van der Waals surface area contributed by atoms with Crippen LogP contribution in [0.5, 0.6) is 0 Å². The fourth-order valence-electron chi connectivity index (χ4n) is 1.73. The van der Waals surface area contributed by atoms with E-state index in [1.807, 2.05) is 0 Å². The van der Waals surface area contributed by atoms with Gasteiger partial charge in [-0.05, 0) is 55.7 Å². The van der Waals surface area contributed by atoms with Crippen LogP contribution in [0.4, 0.5) is 0 Å². The van der Waals surface area contributed by atoms with E-state index in [2.05, 4.69) is 30.9 Å². The van der Waals surface area contributed by atoms with Crippen molar-refractivity contribution in [2.24, 2.45) is 11.8 Å². The highest BCUT2D eigenvalue weighted by Gasteiger charge is 2.12. The summed E-state index contributed by atoms with van der Waals surface area (Å²) in [6.07, 6.45) is 4.30. The van der Waals surface area contributed by atoms with Gasteiger partial charge in [-0.25, -0.2) is 0 Å². The molecule has 1 aliphatic rings. The first-order valence-electron chi connectivity index (χ1n) is 5.57. The fraction of sp³-hybridized carbons (Fsp3) is 1.00. The van der Waals surface area contributed by atoms with Crippen LogP contribution >= 0.6 is 11.8 Å². The van der Waals surface area contributed by atoms with Crippen LogP contribution in [0.2, 0.25) is 0 Å². The predicted molar refractivity (Wildman–Crippen MR) is 62.4 cm³/mol. The van der Waals surface area contributed by atoms with Crippen molar-refractivity contribution in [3.05, 3.63) is 0 Å². The van der Waals surface area contributed by atoms with Gasteiger partial charge in [0, 0.05) is 0 Å². The van der Waals surface area contributed by atoms with Crippen LogP contribution in [-0.4, -0.2) is 24.6 Å². The van der Waals surface area contributed by atoms with E-state index >= 15 is 0 Å². The number of thioether (sulfide) groups is 1. The molecule has 0 radical (unpaired) electrons. The molecule has 1 heterocycles. The molecule has 78 valence electrons.